The lowest BCUT2D eigenvalue weighted by molar-refractivity contribution is 0.262. The summed E-state index contributed by atoms with van der Waals surface area (Å²) in [4.78, 5) is 22.6. The van der Waals surface area contributed by atoms with Gasteiger partial charge in [0.25, 0.3) is 0 Å². The highest BCUT2D eigenvalue weighted by molar-refractivity contribution is 7.80. The monoisotopic (exact) mass is 367 g/mol. The summed E-state index contributed by atoms with van der Waals surface area (Å²) in [6, 6.07) is 2.33. The Labute approximate surface area is 141 Å². The van der Waals surface area contributed by atoms with Gasteiger partial charge in [0.05, 0.1) is 11.1 Å². The highest BCUT2D eigenvalue weighted by Crippen LogP contribution is 2.26. The summed E-state index contributed by atoms with van der Waals surface area (Å²) in [6.07, 6.45) is 2.78. The van der Waals surface area contributed by atoms with Crippen LogP contribution in [0.25, 0.3) is 11.0 Å². The highest BCUT2D eigenvalue weighted by Gasteiger charge is 2.17. The Hall–Kier alpha value is -3.12. The maximum absolute atomic E-state index is 14.1. The first-order chi connectivity index (χ1) is 12.0. The van der Waals surface area contributed by atoms with Crippen LogP contribution in [-0.4, -0.2) is 29.7 Å². The minimum absolute atomic E-state index is 0.125. The van der Waals surface area contributed by atoms with Gasteiger partial charge in [0.1, 0.15) is 29.3 Å². The molecule has 0 saturated carbocycles. The normalized spacial score (nSPS) is 12.0. The van der Waals surface area contributed by atoms with Crippen molar-refractivity contribution in [3.63, 3.8) is 0 Å². The third-order valence-electron chi connectivity index (χ3n) is 3.11. The molecular formula is C13H9F2N6O3S-. The molecule has 2 amide bonds. The molecule has 9 nitrogen and oxygen atoms in total. The molecule has 0 fully saturated rings. The number of rotatable bonds is 4. The van der Waals surface area contributed by atoms with Crippen molar-refractivity contribution in [3.05, 3.63) is 42.4 Å². The number of hydrogen-bond acceptors (Lipinski definition) is 5. The molecule has 12 heteroatoms. The van der Waals surface area contributed by atoms with Crippen LogP contribution < -0.4 is 15.4 Å². The predicted molar refractivity (Wildman–Crippen MR) is 85.4 cm³/mol. The van der Waals surface area contributed by atoms with Gasteiger partial charge in [-0.25, -0.2) is 23.5 Å². The largest absolute Gasteiger partial charge is 0.755 e. The minimum Gasteiger partial charge on any atom is -0.755 e. The third kappa shape index (κ3) is 3.54. The van der Waals surface area contributed by atoms with Crippen molar-refractivity contribution in [2.45, 2.75) is 0 Å². The lowest BCUT2D eigenvalue weighted by Crippen LogP contribution is -2.22. The molecule has 0 saturated heterocycles. The molecule has 1 unspecified atom stereocenters. The maximum atomic E-state index is 14.1. The molecule has 3 aromatic rings. The molecule has 0 radical (unpaired) electrons. The van der Waals surface area contributed by atoms with Crippen LogP contribution in [-0.2, 0) is 11.3 Å². The number of carbonyl (C=O) groups excluding carboxylic acids is 1. The Morgan fingerprint density at radius 1 is 1.20 bits per heavy atom. The molecule has 1 aromatic carbocycles. The molecule has 2 heterocycles. The van der Waals surface area contributed by atoms with Crippen molar-refractivity contribution < 1.29 is 22.3 Å². The lowest BCUT2D eigenvalue weighted by atomic mass is 10.2. The fourth-order valence-corrected chi connectivity index (χ4v) is 2.40. The summed E-state index contributed by atoms with van der Waals surface area (Å²) < 4.78 is 50.9. The van der Waals surface area contributed by atoms with E-state index in [1.165, 1.54) is 6.33 Å². The van der Waals surface area contributed by atoms with Gasteiger partial charge in [-0.3, -0.25) is 9.53 Å². The van der Waals surface area contributed by atoms with E-state index in [4.69, 9.17) is 0 Å². The van der Waals surface area contributed by atoms with Gasteiger partial charge in [-0.1, -0.05) is 0 Å². The van der Waals surface area contributed by atoms with Crippen LogP contribution in [0.2, 0.25) is 0 Å². The molecule has 2 aromatic heterocycles. The first-order valence-corrected chi connectivity index (χ1v) is 7.73. The number of nitrogens with zero attached hydrogens (tertiary/aromatic N) is 2. The molecule has 0 bridgehead atoms. The number of urea groups is 1. The zero-order chi connectivity index (χ0) is 18.0. The number of nitrogens with one attached hydrogen (secondary N) is 4. The van der Waals surface area contributed by atoms with Crippen LogP contribution >= 0.6 is 0 Å². The van der Waals surface area contributed by atoms with Gasteiger partial charge in [0.2, 0.25) is 0 Å². The average Bonchev–Trinajstić information content (AvgIpc) is 3.03. The number of fused-ring (bicyclic) bond motifs is 1. The smallest absolute Gasteiger partial charge is 0.325 e. The number of benzene rings is 1. The van der Waals surface area contributed by atoms with Crippen molar-refractivity contribution in [2.75, 3.05) is 15.4 Å². The van der Waals surface area contributed by atoms with Gasteiger partial charge in [-0.05, 0) is 18.2 Å². The van der Waals surface area contributed by atoms with E-state index in [9.17, 15) is 22.3 Å². The van der Waals surface area contributed by atoms with Crippen molar-refractivity contribution in [1.29, 1.82) is 0 Å². The Kier molecular flexibility index (Phi) is 4.54. The van der Waals surface area contributed by atoms with Crippen molar-refractivity contribution in [2.24, 2.45) is 0 Å². The van der Waals surface area contributed by atoms with Crippen molar-refractivity contribution >= 4 is 45.5 Å². The Bertz CT molecular complexity index is 980. The Balaban J connectivity index is 1.83. The van der Waals surface area contributed by atoms with Crippen LogP contribution in [0.1, 0.15) is 0 Å². The molecule has 25 heavy (non-hydrogen) atoms. The summed E-state index contributed by atoms with van der Waals surface area (Å²) in [5.41, 5.74) is -0.862. The second-order valence-corrected chi connectivity index (χ2v) is 5.34. The molecular weight excluding hydrogens is 358 g/mol. The van der Waals surface area contributed by atoms with E-state index >= 15 is 0 Å². The number of amides is 2. The summed E-state index contributed by atoms with van der Waals surface area (Å²) in [6.45, 7) is 0. The van der Waals surface area contributed by atoms with Gasteiger partial charge in [0.15, 0.2) is 5.82 Å². The van der Waals surface area contributed by atoms with Crippen LogP contribution in [0.15, 0.2) is 30.7 Å². The first-order valence-electron chi connectivity index (χ1n) is 6.65. The van der Waals surface area contributed by atoms with Crippen molar-refractivity contribution in [3.8, 4) is 0 Å². The quantitative estimate of drug-likeness (QED) is 0.524. The lowest BCUT2D eigenvalue weighted by Gasteiger charge is -2.14. The molecule has 0 spiro atoms. The first kappa shape index (κ1) is 16.7. The number of H-pyrrole nitrogens is 1. The number of hydrogen-bond donors (Lipinski definition) is 4. The molecule has 0 aliphatic carbocycles. The fourth-order valence-electron chi connectivity index (χ4n) is 2.06. The van der Waals surface area contributed by atoms with Crippen LogP contribution in [0.3, 0.4) is 0 Å². The predicted octanol–water partition coefficient (Wildman–Crippen LogP) is 2.09. The van der Waals surface area contributed by atoms with E-state index in [0.29, 0.717) is 11.0 Å². The Morgan fingerprint density at radius 2 is 2.00 bits per heavy atom. The standard InChI is InChI=1S/C13H10F2N6O3S/c14-7-1-2-8(21-25(23)24)9(15)10(7)19-13(22)20-12-6-3-4-16-11(6)17-5-18-12/h1-5,21H,(H,23,24)(H3,16,17,18,19,20,22)/p-1. The number of anilines is 3. The number of aromatic amines is 1. The van der Waals surface area contributed by atoms with Gasteiger partial charge >= 0.3 is 6.03 Å². The molecule has 3 rings (SSSR count). The van der Waals surface area contributed by atoms with Crippen molar-refractivity contribution in [1.82, 2.24) is 15.0 Å². The SMILES string of the molecule is O=C(Nc1c(F)ccc(NS(=O)[O-])c1F)Nc1ncnc2[nH]ccc12. The fraction of sp³-hybridized carbons (Fsp3) is 0. The third-order valence-corrected chi connectivity index (χ3v) is 3.50. The van der Waals surface area contributed by atoms with Gasteiger partial charge < -0.3 is 19.6 Å². The minimum atomic E-state index is -2.81. The highest BCUT2D eigenvalue weighted by atomic mass is 32.2. The summed E-state index contributed by atoms with van der Waals surface area (Å²) >= 11 is -2.81. The number of aromatic nitrogens is 3. The summed E-state index contributed by atoms with van der Waals surface area (Å²) in [5.74, 6) is -2.22. The van der Waals surface area contributed by atoms with E-state index in [0.717, 1.165) is 12.1 Å². The van der Waals surface area contributed by atoms with E-state index < -0.39 is 40.3 Å². The van der Waals surface area contributed by atoms with E-state index in [-0.39, 0.29) is 5.82 Å². The zero-order valence-electron chi connectivity index (χ0n) is 12.2. The Morgan fingerprint density at radius 3 is 2.76 bits per heavy atom. The maximum Gasteiger partial charge on any atom is 0.325 e. The molecule has 0 aliphatic heterocycles. The molecule has 1 atom stereocenters. The van der Waals surface area contributed by atoms with E-state index in [2.05, 4.69) is 20.3 Å². The van der Waals surface area contributed by atoms with Gasteiger partial charge in [0, 0.05) is 17.5 Å². The van der Waals surface area contributed by atoms with Gasteiger partial charge in [-0.2, -0.15) is 0 Å². The van der Waals surface area contributed by atoms with Crippen LogP contribution in [0.4, 0.5) is 30.8 Å². The second-order valence-electron chi connectivity index (χ2n) is 4.66. The topological polar surface area (TPSA) is 135 Å². The molecule has 130 valence electrons. The van der Waals surface area contributed by atoms with E-state index in [1.807, 2.05) is 5.32 Å². The molecule has 4 N–H and O–H groups in total. The number of halogens is 2. The van der Waals surface area contributed by atoms with Crippen LogP contribution in [0.5, 0.6) is 0 Å². The number of carbonyl (C=O) groups is 1. The summed E-state index contributed by atoms with van der Waals surface area (Å²) in [7, 11) is 0. The van der Waals surface area contributed by atoms with E-state index in [1.54, 1.807) is 17.0 Å². The molecule has 0 aliphatic rings. The van der Waals surface area contributed by atoms with Crippen LogP contribution in [0, 0.1) is 11.6 Å². The summed E-state index contributed by atoms with van der Waals surface area (Å²) in [5, 5.41) is 4.82. The average molecular weight is 367 g/mol. The second kappa shape index (κ2) is 6.78. The zero-order valence-corrected chi connectivity index (χ0v) is 13.0. The van der Waals surface area contributed by atoms with Gasteiger partial charge in [-0.15, -0.1) is 0 Å².